The number of benzene rings is 1. The van der Waals surface area contributed by atoms with Crippen molar-refractivity contribution < 1.29 is 9.90 Å². The van der Waals surface area contributed by atoms with Crippen LogP contribution in [0.25, 0.3) is 0 Å². The van der Waals surface area contributed by atoms with Gasteiger partial charge in [0.15, 0.2) is 0 Å². The maximum absolute atomic E-state index is 10.2. The number of hydrogen-bond acceptors (Lipinski definition) is 1. The molecule has 0 fully saturated rings. The Morgan fingerprint density at radius 3 is 2.40 bits per heavy atom. The molecule has 0 bridgehead atoms. The molecular formula is C7H6O2Se. The third kappa shape index (κ3) is 2.21. The Bertz CT molecular complexity index is 220. The van der Waals surface area contributed by atoms with Crippen LogP contribution in [0.2, 0.25) is 0 Å². The zero-order valence-corrected chi connectivity index (χ0v) is 6.86. The van der Waals surface area contributed by atoms with E-state index in [4.69, 9.17) is 5.11 Å². The topological polar surface area (TPSA) is 37.3 Å². The van der Waals surface area contributed by atoms with Gasteiger partial charge in [-0.05, 0) is 0 Å². The monoisotopic (exact) mass is 202 g/mol. The fourth-order valence-electron chi connectivity index (χ4n) is 0.589. The average Bonchev–Trinajstić information content (AvgIpc) is 1.88. The quantitative estimate of drug-likeness (QED) is 0.715. The van der Waals surface area contributed by atoms with Crippen LogP contribution in [0, 0.1) is 0 Å². The molecule has 0 amide bonds. The standard InChI is InChI=1S/C7H6O2Se/c8-7(9)10-6-4-2-1-3-5-6/h1-5H,(H,8,9). The van der Waals surface area contributed by atoms with Gasteiger partial charge in [0.2, 0.25) is 0 Å². The molecule has 0 saturated heterocycles. The molecule has 10 heavy (non-hydrogen) atoms. The first-order valence-electron chi connectivity index (χ1n) is 2.75. The summed E-state index contributed by atoms with van der Waals surface area (Å²) in [6.07, 6.45) is 0. The zero-order chi connectivity index (χ0) is 7.40. The van der Waals surface area contributed by atoms with Crippen LogP contribution in [0.1, 0.15) is 0 Å². The predicted molar refractivity (Wildman–Crippen MR) is 39.9 cm³/mol. The first-order valence-corrected chi connectivity index (χ1v) is 4.46. The van der Waals surface area contributed by atoms with Gasteiger partial charge in [0.25, 0.3) is 0 Å². The van der Waals surface area contributed by atoms with Crippen LogP contribution in [0.15, 0.2) is 30.3 Å². The van der Waals surface area contributed by atoms with Crippen LogP contribution in [0.4, 0.5) is 4.79 Å². The van der Waals surface area contributed by atoms with Gasteiger partial charge in [-0.3, -0.25) is 0 Å². The van der Waals surface area contributed by atoms with Crippen LogP contribution in [-0.4, -0.2) is 24.9 Å². The molecule has 0 aliphatic carbocycles. The summed E-state index contributed by atoms with van der Waals surface area (Å²) in [5.41, 5.74) is 0. The number of hydrogen-bond donors (Lipinski definition) is 1. The molecule has 1 aromatic carbocycles. The molecule has 0 atom stereocenters. The molecule has 3 heteroatoms. The number of carbonyl (C=O) groups is 1. The summed E-state index contributed by atoms with van der Waals surface area (Å²) in [6, 6.07) is 9.23. The second kappa shape index (κ2) is 3.40. The SMILES string of the molecule is O=C(O)[Se]c1ccccc1. The van der Waals surface area contributed by atoms with E-state index >= 15 is 0 Å². The van der Waals surface area contributed by atoms with Gasteiger partial charge < -0.3 is 0 Å². The van der Waals surface area contributed by atoms with Crippen LogP contribution in [0.3, 0.4) is 0 Å². The molecule has 2 nitrogen and oxygen atoms in total. The van der Waals surface area contributed by atoms with Crippen molar-refractivity contribution in [1.82, 2.24) is 0 Å². The molecule has 0 radical (unpaired) electrons. The van der Waals surface area contributed by atoms with Crippen molar-refractivity contribution in [3.63, 3.8) is 0 Å². The van der Waals surface area contributed by atoms with E-state index < -0.39 is 19.8 Å². The first-order chi connectivity index (χ1) is 4.79. The summed E-state index contributed by atoms with van der Waals surface area (Å²) in [6.45, 7) is 0. The van der Waals surface area contributed by atoms with Gasteiger partial charge in [-0.2, -0.15) is 0 Å². The van der Waals surface area contributed by atoms with Gasteiger partial charge in [-0.25, -0.2) is 0 Å². The minimum atomic E-state index is -0.723. The van der Waals surface area contributed by atoms with Crippen molar-refractivity contribution in [1.29, 1.82) is 0 Å². The van der Waals surface area contributed by atoms with Crippen LogP contribution in [0.5, 0.6) is 0 Å². The summed E-state index contributed by atoms with van der Waals surface area (Å²) in [5.74, 6) is 0. The van der Waals surface area contributed by atoms with E-state index in [2.05, 4.69) is 0 Å². The fourth-order valence-corrected chi connectivity index (χ4v) is 1.63. The fraction of sp³-hybridized carbons (Fsp3) is 0. The normalized spacial score (nSPS) is 9.20. The first kappa shape index (κ1) is 7.32. The molecule has 1 aromatic rings. The zero-order valence-electron chi connectivity index (χ0n) is 5.15. The van der Waals surface area contributed by atoms with Crippen LogP contribution < -0.4 is 4.46 Å². The summed E-state index contributed by atoms with van der Waals surface area (Å²) in [4.78, 5) is 9.47. The van der Waals surface area contributed by atoms with Crippen molar-refractivity contribution in [3.05, 3.63) is 30.3 Å². The molecule has 0 unspecified atom stereocenters. The Kier molecular flexibility index (Phi) is 2.49. The minimum absolute atomic E-state index is 0.415. The Morgan fingerprint density at radius 2 is 1.90 bits per heavy atom. The summed E-state index contributed by atoms with van der Waals surface area (Å²) in [7, 11) is 0. The van der Waals surface area contributed by atoms with E-state index in [0.29, 0.717) is 0 Å². The van der Waals surface area contributed by atoms with Gasteiger partial charge in [0.05, 0.1) is 0 Å². The third-order valence-corrected chi connectivity index (χ3v) is 2.38. The van der Waals surface area contributed by atoms with Gasteiger partial charge >= 0.3 is 64.5 Å². The molecular weight excluding hydrogens is 195 g/mol. The molecule has 0 spiro atoms. The van der Waals surface area contributed by atoms with Gasteiger partial charge in [-0.1, -0.05) is 0 Å². The summed E-state index contributed by atoms with van der Waals surface area (Å²) >= 11 is -0.415. The van der Waals surface area contributed by atoms with E-state index in [0.717, 1.165) is 4.46 Å². The Hall–Kier alpha value is -0.791. The second-order valence-electron chi connectivity index (χ2n) is 1.68. The van der Waals surface area contributed by atoms with Crippen LogP contribution in [-0.2, 0) is 0 Å². The van der Waals surface area contributed by atoms with Gasteiger partial charge in [-0.15, -0.1) is 0 Å². The average molecular weight is 201 g/mol. The van der Waals surface area contributed by atoms with E-state index in [1.54, 1.807) is 0 Å². The number of carboxylic acid groups (broad SMARTS) is 1. The van der Waals surface area contributed by atoms with Gasteiger partial charge in [0.1, 0.15) is 0 Å². The van der Waals surface area contributed by atoms with Crippen molar-refractivity contribution in [2.45, 2.75) is 0 Å². The predicted octanol–water partition coefficient (Wildman–Crippen LogP) is 0.694. The van der Waals surface area contributed by atoms with E-state index in [1.807, 2.05) is 30.3 Å². The molecule has 0 heterocycles. The van der Waals surface area contributed by atoms with Crippen molar-refractivity contribution in [3.8, 4) is 0 Å². The Balaban J connectivity index is 2.67. The number of rotatable bonds is 2. The molecule has 1 N–H and O–H groups in total. The van der Waals surface area contributed by atoms with Crippen molar-refractivity contribution in [2.75, 3.05) is 0 Å². The van der Waals surface area contributed by atoms with Gasteiger partial charge in [0, 0.05) is 0 Å². The molecule has 0 aliphatic rings. The Labute approximate surface area is 65.0 Å². The molecule has 0 saturated carbocycles. The summed E-state index contributed by atoms with van der Waals surface area (Å²) < 4.78 is 0.905. The third-order valence-electron chi connectivity index (χ3n) is 0.948. The second-order valence-corrected chi connectivity index (χ2v) is 3.83. The van der Waals surface area contributed by atoms with Crippen LogP contribution >= 0.6 is 0 Å². The van der Waals surface area contributed by atoms with Crippen molar-refractivity contribution in [2.24, 2.45) is 0 Å². The Morgan fingerprint density at radius 1 is 1.30 bits per heavy atom. The molecule has 0 aliphatic heterocycles. The summed E-state index contributed by atoms with van der Waals surface area (Å²) in [5, 5.41) is 8.39. The molecule has 1 rings (SSSR count). The van der Waals surface area contributed by atoms with E-state index in [9.17, 15) is 4.79 Å². The maximum atomic E-state index is 10.2. The van der Waals surface area contributed by atoms with Crippen molar-refractivity contribution >= 4 is 24.3 Å². The van der Waals surface area contributed by atoms with E-state index in [-0.39, 0.29) is 0 Å². The molecule has 0 aromatic heterocycles. The van der Waals surface area contributed by atoms with E-state index in [1.165, 1.54) is 0 Å². The molecule has 52 valence electrons.